The van der Waals surface area contributed by atoms with Crippen LogP contribution in [0.25, 0.3) is 11.4 Å². The SMILES string of the molecule is CC1CCN(CC(N)CC(=O)N2CCc3c(nc(-c4ccoc4)nc3C(F)(F)F)C2)C(=O)C1. The van der Waals surface area contributed by atoms with Crippen LogP contribution in [0.2, 0.25) is 0 Å². The van der Waals surface area contributed by atoms with Crippen LogP contribution >= 0.6 is 0 Å². The smallest absolute Gasteiger partial charge is 0.433 e. The number of hydrogen-bond donors (Lipinski definition) is 1. The van der Waals surface area contributed by atoms with Crippen LogP contribution in [0.1, 0.15) is 43.1 Å². The van der Waals surface area contributed by atoms with Crippen LogP contribution in [-0.4, -0.2) is 57.3 Å². The maximum Gasteiger partial charge on any atom is 0.433 e. The Balaban J connectivity index is 1.47. The van der Waals surface area contributed by atoms with E-state index in [4.69, 9.17) is 10.2 Å². The van der Waals surface area contributed by atoms with Crippen molar-refractivity contribution >= 4 is 11.8 Å². The van der Waals surface area contributed by atoms with E-state index >= 15 is 0 Å². The van der Waals surface area contributed by atoms with Crippen molar-refractivity contribution in [2.45, 2.75) is 51.4 Å². The quantitative estimate of drug-likeness (QED) is 0.728. The zero-order valence-electron chi connectivity index (χ0n) is 18.3. The van der Waals surface area contributed by atoms with Crippen LogP contribution in [0.3, 0.4) is 0 Å². The minimum Gasteiger partial charge on any atom is -0.472 e. The molecule has 2 N–H and O–H groups in total. The lowest BCUT2D eigenvalue weighted by molar-refractivity contribution is -0.142. The van der Waals surface area contributed by atoms with Crippen molar-refractivity contribution in [3.8, 4) is 11.4 Å². The van der Waals surface area contributed by atoms with Gasteiger partial charge in [-0.2, -0.15) is 13.2 Å². The van der Waals surface area contributed by atoms with Crippen LogP contribution in [0, 0.1) is 5.92 Å². The van der Waals surface area contributed by atoms with E-state index in [1.807, 2.05) is 6.92 Å². The zero-order chi connectivity index (χ0) is 23.8. The summed E-state index contributed by atoms with van der Waals surface area (Å²) in [4.78, 5) is 36.2. The predicted molar refractivity (Wildman–Crippen MR) is 111 cm³/mol. The number of rotatable bonds is 5. The van der Waals surface area contributed by atoms with Crippen molar-refractivity contribution in [3.63, 3.8) is 0 Å². The van der Waals surface area contributed by atoms with E-state index in [0.717, 1.165) is 6.42 Å². The first kappa shape index (κ1) is 23.2. The molecular formula is C22H26F3N5O3. The number of hydrogen-bond acceptors (Lipinski definition) is 6. The number of furan rings is 1. The van der Waals surface area contributed by atoms with E-state index in [9.17, 15) is 22.8 Å². The van der Waals surface area contributed by atoms with Gasteiger partial charge in [0.25, 0.3) is 0 Å². The van der Waals surface area contributed by atoms with Gasteiger partial charge < -0.3 is 20.0 Å². The molecule has 2 aromatic rings. The minimum absolute atomic E-state index is 0.000462. The Kier molecular flexibility index (Phi) is 6.42. The van der Waals surface area contributed by atoms with E-state index in [-0.39, 0.29) is 61.4 Å². The highest BCUT2D eigenvalue weighted by molar-refractivity contribution is 5.78. The van der Waals surface area contributed by atoms with Crippen LogP contribution in [0.4, 0.5) is 13.2 Å². The van der Waals surface area contributed by atoms with E-state index < -0.39 is 17.9 Å². The normalized spacial score (nSPS) is 20.0. The van der Waals surface area contributed by atoms with Gasteiger partial charge in [-0.25, -0.2) is 9.97 Å². The monoisotopic (exact) mass is 465 g/mol. The van der Waals surface area contributed by atoms with Gasteiger partial charge in [-0.15, -0.1) is 0 Å². The topological polar surface area (TPSA) is 106 Å². The minimum atomic E-state index is -4.64. The number of fused-ring (bicyclic) bond motifs is 1. The summed E-state index contributed by atoms with van der Waals surface area (Å²) in [5.41, 5.74) is 5.67. The number of alkyl halides is 3. The van der Waals surface area contributed by atoms with Gasteiger partial charge in [-0.3, -0.25) is 9.59 Å². The first-order valence-electron chi connectivity index (χ1n) is 10.9. The lowest BCUT2D eigenvalue weighted by Gasteiger charge is -2.33. The third-order valence-corrected chi connectivity index (χ3v) is 6.13. The van der Waals surface area contributed by atoms with Gasteiger partial charge in [0, 0.05) is 44.1 Å². The third-order valence-electron chi connectivity index (χ3n) is 6.13. The highest BCUT2D eigenvalue weighted by Crippen LogP contribution is 2.35. The molecule has 8 nitrogen and oxygen atoms in total. The zero-order valence-corrected chi connectivity index (χ0v) is 18.3. The summed E-state index contributed by atoms with van der Waals surface area (Å²) < 4.78 is 45.9. The summed E-state index contributed by atoms with van der Waals surface area (Å²) in [5, 5.41) is 0. The maximum absolute atomic E-state index is 13.7. The van der Waals surface area contributed by atoms with Crippen molar-refractivity contribution in [2.24, 2.45) is 11.7 Å². The average molecular weight is 465 g/mol. The molecule has 4 rings (SSSR count). The predicted octanol–water partition coefficient (Wildman–Crippen LogP) is 2.62. The lowest BCUT2D eigenvalue weighted by Crippen LogP contribution is -2.47. The molecule has 2 aromatic heterocycles. The third kappa shape index (κ3) is 5.18. The van der Waals surface area contributed by atoms with Gasteiger partial charge in [-0.05, 0) is 24.8 Å². The number of piperidine rings is 1. The summed E-state index contributed by atoms with van der Waals surface area (Å²) >= 11 is 0. The number of aromatic nitrogens is 2. The fraction of sp³-hybridized carbons (Fsp3) is 0.545. The van der Waals surface area contributed by atoms with Gasteiger partial charge in [-0.1, -0.05) is 6.92 Å². The van der Waals surface area contributed by atoms with Crippen molar-refractivity contribution in [1.29, 1.82) is 0 Å². The highest BCUT2D eigenvalue weighted by atomic mass is 19.4. The van der Waals surface area contributed by atoms with Crippen LogP contribution in [0.5, 0.6) is 0 Å². The Hall–Kier alpha value is -2.95. The molecule has 1 saturated heterocycles. The number of amides is 2. The number of likely N-dealkylation sites (tertiary alicyclic amines) is 1. The Morgan fingerprint density at radius 1 is 1.33 bits per heavy atom. The molecule has 0 aromatic carbocycles. The molecule has 0 aliphatic carbocycles. The summed E-state index contributed by atoms with van der Waals surface area (Å²) in [6, 6.07) is 0.934. The molecule has 0 radical (unpaired) electrons. The molecule has 4 heterocycles. The Bertz CT molecular complexity index is 1030. The molecule has 11 heteroatoms. The molecule has 0 bridgehead atoms. The van der Waals surface area contributed by atoms with E-state index in [1.165, 1.54) is 23.5 Å². The van der Waals surface area contributed by atoms with E-state index in [0.29, 0.717) is 24.4 Å². The molecule has 2 unspecified atom stereocenters. The van der Waals surface area contributed by atoms with Gasteiger partial charge in [0.05, 0.1) is 24.1 Å². The van der Waals surface area contributed by atoms with Gasteiger partial charge in [0.1, 0.15) is 6.26 Å². The molecule has 2 atom stereocenters. The van der Waals surface area contributed by atoms with Gasteiger partial charge >= 0.3 is 6.18 Å². The van der Waals surface area contributed by atoms with Crippen LogP contribution < -0.4 is 5.73 Å². The number of nitrogens with two attached hydrogens (primary N) is 1. The fourth-order valence-corrected chi connectivity index (χ4v) is 4.32. The van der Waals surface area contributed by atoms with Gasteiger partial charge in [0.15, 0.2) is 11.5 Å². The second-order valence-electron chi connectivity index (χ2n) is 8.80. The Morgan fingerprint density at radius 3 is 2.79 bits per heavy atom. The summed E-state index contributed by atoms with van der Waals surface area (Å²) in [6.07, 6.45) is -0.663. The largest absolute Gasteiger partial charge is 0.472 e. The van der Waals surface area contributed by atoms with Gasteiger partial charge in [0.2, 0.25) is 11.8 Å². The lowest BCUT2D eigenvalue weighted by atomic mass is 9.98. The molecular weight excluding hydrogens is 439 g/mol. The standard InChI is InChI=1S/C22H26F3N5O3/c1-13-2-5-29(18(31)8-13)10-15(26)9-19(32)30-6-3-16-17(11-30)27-21(14-4-7-33-12-14)28-20(16)22(23,24)25/h4,7,12-13,15H,2-3,5-6,8-11,26H2,1H3. The van der Waals surface area contributed by atoms with E-state index in [1.54, 1.807) is 4.90 Å². The van der Waals surface area contributed by atoms with Crippen LogP contribution in [0.15, 0.2) is 23.0 Å². The molecule has 1 fully saturated rings. The first-order valence-corrected chi connectivity index (χ1v) is 10.9. The molecule has 33 heavy (non-hydrogen) atoms. The molecule has 0 spiro atoms. The number of carbonyl (C=O) groups is 2. The van der Waals surface area contributed by atoms with Crippen molar-refractivity contribution in [1.82, 2.24) is 19.8 Å². The molecule has 2 aliphatic heterocycles. The Morgan fingerprint density at radius 2 is 2.12 bits per heavy atom. The van der Waals surface area contributed by atoms with Crippen molar-refractivity contribution in [2.75, 3.05) is 19.6 Å². The highest BCUT2D eigenvalue weighted by Gasteiger charge is 2.39. The molecule has 0 saturated carbocycles. The van der Waals surface area contributed by atoms with E-state index in [2.05, 4.69) is 9.97 Å². The summed E-state index contributed by atoms with van der Waals surface area (Å²) in [7, 11) is 0. The molecule has 2 aliphatic rings. The number of halogens is 3. The Labute approximate surface area is 188 Å². The van der Waals surface area contributed by atoms with Crippen molar-refractivity contribution < 1.29 is 27.2 Å². The molecule has 2 amide bonds. The summed E-state index contributed by atoms with van der Waals surface area (Å²) in [6.45, 7) is 2.99. The average Bonchev–Trinajstić information content (AvgIpc) is 3.28. The van der Waals surface area contributed by atoms with Crippen LogP contribution in [-0.2, 0) is 28.7 Å². The van der Waals surface area contributed by atoms with Crippen molar-refractivity contribution in [3.05, 3.63) is 35.5 Å². The molecule has 178 valence electrons. The fourth-order valence-electron chi connectivity index (χ4n) is 4.32. The first-order chi connectivity index (χ1) is 15.6. The second kappa shape index (κ2) is 9.12. The second-order valence-corrected chi connectivity index (χ2v) is 8.80. The number of nitrogens with zero attached hydrogens (tertiary/aromatic N) is 4. The summed E-state index contributed by atoms with van der Waals surface area (Å²) in [5.74, 6) is 0.00363. The number of carbonyl (C=O) groups excluding carboxylic acids is 2. The maximum atomic E-state index is 13.7.